The Bertz CT molecular complexity index is 597. The summed E-state index contributed by atoms with van der Waals surface area (Å²) in [4.78, 5) is 6.92. The molecule has 1 aromatic carbocycles. The summed E-state index contributed by atoms with van der Waals surface area (Å²) in [6.45, 7) is 5.34. The second-order valence-corrected chi connectivity index (χ2v) is 5.67. The Morgan fingerprint density at radius 1 is 1.05 bits per heavy atom. The fourth-order valence-corrected chi connectivity index (χ4v) is 2.77. The number of likely N-dealkylation sites (tertiary alicyclic amines) is 1. The highest BCUT2D eigenvalue weighted by molar-refractivity contribution is 5.85. The molecule has 1 aliphatic rings. The zero-order valence-corrected chi connectivity index (χ0v) is 13.8. The molecule has 3 rings (SSSR count). The van der Waals surface area contributed by atoms with Crippen molar-refractivity contribution in [2.75, 3.05) is 13.1 Å². The van der Waals surface area contributed by atoms with Crippen LogP contribution >= 0.6 is 12.4 Å². The molecule has 0 N–H and O–H groups in total. The van der Waals surface area contributed by atoms with Gasteiger partial charge in [0.1, 0.15) is 5.75 Å². The van der Waals surface area contributed by atoms with Crippen LogP contribution < -0.4 is 4.74 Å². The highest BCUT2D eigenvalue weighted by Gasteiger charge is 2.14. The molecule has 2 aromatic rings. The predicted octanol–water partition coefficient (Wildman–Crippen LogP) is 4.59. The van der Waals surface area contributed by atoms with Gasteiger partial charge in [0.15, 0.2) is 0 Å². The third-order valence-corrected chi connectivity index (χ3v) is 3.99. The molecule has 0 atom stereocenters. The van der Waals surface area contributed by atoms with E-state index in [9.17, 15) is 0 Å². The Morgan fingerprint density at radius 3 is 2.59 bits per heavy atom. The number of benzene rings is 1. The predicted molar refractivity (Wildman–Crippen MR) is 91.9 cm³/mol. The first kappa shape index (κ1) is 16.8. The number of piperidine rings is 1. The summed E-state index contributed by atoms with van der Waals surface area (Å²) >= 11 is 0. The topological polar surface area (TPSA) is 25.4 Å². The molecular weight excluding hydrogens is 296 g/mol. The van der Waals surface area contributed by atoms with Gasteiger partial charge in [0.2, 0.25) is 5.88 Å². The zero-order chi connectivity index (χ0) is 14.5. The lowest BCUT2D eigenvalue weighted by Gasteiger charge is -2.26. The van der Waals surface area contributed by atoms with E-state index in [2.05, 4.69) is 28.9 Å². The fourth-order valence-electron chi connectivity index (χ4n) is 2.77. The van der Waals surface area contributed by atoms with Crippen LogP contribution in [0.4, 0.5) is 0 Å². The van der Waals surface area contributed by atoms with Gasteiger partial charge in [-0.05, 0) is 50.6 Å². The number of nitrogens with zero attached hydrogens (tertiary/aromatic N) is 2. The molecule has 0 saturated carbocycles. The van der Waals surface area contributed by atoms with Crippen LogP contribution in [0, 0.1) is 6.92 Å². The van der Waals surface area contributed by atoms with Crippen molar-refractivity contribution in [1.29, 1.82) is 0 Å². The molecule has 3 nitrogen and oxygen atoms in total. The number of hydrogen-bond donors (Lipinski definition) is 0. The van der Waals surface area contributed by atoms with Gasteiger partial charge < -0.3 is 4.74 Å². The molecular formula is C18H23ClN2O. The molecule has 1 aliphatic heterocycles. The summed E-state index contributed by atoms with van der Waals surface area (Å²) in [5.74, 6) is 1.62. The third kappa shape index (κ3) is 4.21. The highest BCUT2D eigenvalue weighted by atomic mass is 35.5. The lowest BCUT2D eigenvalue weighted by Crippen LogP contribution is -2.29. The smallest absolute Gasteiger partial charge is 0.223 e. The quantitative estimate of drug-likeness (QED) is 0.824. The summed E-state index contributed by atoms with van der Waals surface area (Å²) in [5.41, 5.74) is 2.30. The average Bonchev–Trinajstić information content (AvgIpc) is 2.52. The number of pyridine rings is 1. The van der Waals surface area contributed by atoms with Crippen LogP contribution in [0.5, 0.6) is 11.6 Å². The molecule has 1 saturated heterocycles. The molecule has 2 heterocycles. The molecule has 22 heavy (non-hydrogen) atoms. The van der Waals surface area contributed by atoms with E-state index in [1.54, 1.807) is 6.20 Å². The number of hydrogen-bond acceptors (Lipinski definition) is 3. The second kappa shape index (κ2) is 8.16. The maximum Gasteiger partial charge on any atom is 0.223 e. The zero-order valence-electron chi connectivity index (χ0n) is 13.0. The van der Waals surface area contributed by atoms with E-state index in [1.165, 1.54) is 37.9 Å². The summed E-state index contributed by atoms with van der Waals surface area (Å²) in [5, 5.41) is 0. The van der Waals surface area contributed by atoms with E-state index in [4.69, 9.17) is 4.74 Å². The number of aryl methyl sites for hydroxylation is 1. The molecule has 0 bridgehead atoms. The van der Waals surface area contributed by atoms with Crippen molar-refractivity contribution in [3.05, 3.63) is 53.7 Å². The van der Waals surface area contributed by atoms with E-state index in [0.717, 1.165) is 23.7 Å². The average molecular weight is 319 g/mol. The van der Waals surface area contributed by atoms with E-state index in [1.807, 2.05) is 24.3 Å². The van der Waals surface area contributed by atoms with Gasteiger partial charge in [0.25, 0.3) is 0 Å². The van der Waals surface area contributed by atoms with Gasteiger partial charge in [-0.15, -0.1) is 12.4 Å². The van der Waals surface area contributed by atoms with Crippen LogP contribution in [-0.2, 0) is 6.54 Å². The van der Waals surface area contributed by atoms with Crippen molar-refractivity contribution in [2.24, 2.45) is 0 Å². The molecule has 1 fully saturated rings. The van der Waals surface area contributed by atoms with Crippen LogP contribution in [-0.4, -0.2) is 23.0 Å². The molecule has 0 amide bonds. The number of rotatable bonds is 4. The number of aromatic nitrogens is 1. The van der Waals surface area contributed by atoms with Crippen LogP contribution in [0.3, 0.4) is 0 Å². The molecule has 0 radical (unpaired) electrons. The Balaban J connectivity index is 0.00000176. The van der Waals surface area contributed by atoms with Crippen molar-refractivity contribution in [2.45, 2.75) is 32.7 Å². The van der Waals surface area contributed by atoms with Crippen molar-refractivity contribution < 1.29 is 4.74 Å². The van der Waals surface area contributed by atoms with Crippen LogP contribution in [0.2, 0.25) is 0 Å². The lowest BCUT2D eigenvalue weighted by atomic mass is 10.1. The Morgan fingerprint density at radius 2 is 1.82 bits per heavy atom. The molecule has 0 spiro atoms. The first-order valence-corrected chi connectivity index (χ1v) is 7.72. The summed E-state index contributed by atoms with van der Waals surface area (Å²) < 4.78 is 6.04. The molecule has 118 valence electrons. The minimum absolute atomic E-state index is 0. The van der Waals surface area contributed by atoms with Crippen molar-refractivity contribution in [1.82, 2.24) is 9.88 Å². The van der Waals surface area contributed by atoms with E-state index in [-0.39, 0.29) is 12.4 Å². The Labute approximate surface area is 138 Å². The monoisotopic (exact) mass is 318 g/mol. The molecule has 0 unspecified atom stereocenters. The van der Waals surface area contributed by atoms with Crippen LogP contribution in [0.25, 0.3) is 0 Å². The van der Waals surface area contributed by atoms with Crippen molar-refractivity contribution >= 4 is 12.4 Å². The van der Waals surface area contributed by atoms with Gasteiger partial charge in [-0.3, -0.25) is 4.90 Å². The molecule has 0 aliphatic carbocycles. The minimum atomic E-state index is 0. The van der Waals surface area contributed by atoms with E-state index in [0.29, 0.717) is 0 Å². The Kier molecular flexibility index (Phi) is 6.22. The maximum absolute atomic E-state index is 6.04. The van der Waals surface area contributed by atoms with Gasteiger partial charge in [0.05, 0.1) is 0 Å². The molecule has 1 aromatic heterocycles. The maximum atomic E-state index is 6.04. The fraction of sp³-hybridized carbons (Fsp3) is 0.389. The third-order valence-electron chi connectivity index (χ3n) is 3.99. The Hall–Kier alpha value is -1.58. The summed E-state index contributed by atoms with van der Waals surface area (Å²) in [6.07, 6.45) is 5.76. The minimum Gasteiger partial charge on any atom is -0.438 e. The van der Waals surface area contributed by atoms with Gasteiger partial charge in [-0.25, -0.2) is 4.98 Å². The largest absolute Gasteiger partial charge is 0.438 e. The second-order valence-electron chi connectivity index (χ2n) is 5.67. The number of ether oxygens (including phenoxy) is 1. The van der Waals surface area contributed by atoms with Gasteiger partial charge >= 0.3 is 0 Å². The SMILES string of the molecule is Cc1ccccc1Oc1ncccc1CN1CCCCC1.Cl. The number of para-hydroxylation sites is 1. The lowest BCUT2D eigenvalue weighted by molar-refractivity contribution is 0.218. The van der Waals surface area contributed by atoms with Crippen LogP contribution in [0.1, 0.15) is 30.4 Å². The van der Waals surface area contributed by atoms with Gasteiger partial charge in [-0.2, -0.15) is 0 Å². The van der Waals surface area contributed by atoms with Crippen molar-refractivity contribution in [3.63, 3.8) is 0 Å². The van der Waals surface area contributed by atoms with Gasteiger partial charge in [-0.1, -0.05) is 30.7 Å². The van der Waals surface area contributed by atoms with Crippen molar-refractivity contribution in [3.8, 4) is 11.6 Å². The van der Waals surface area contributed by atoms with Gasteiger partial charge in [0, 0.05) is 18.3 Å². The van der Waals surface area contributed by atoms with E-state index >= 15 is 0 Å². The summed E-state index contributed by atoms with van der Waals surface area (Å²) in [6, 6.07) is 12.2. The number of halogens is 1. The van der Waals surface area contributed by atoms with E-state index < -0.39 is 0 Å². The normalized spacial score (nSPS) is 15.1. The first-order chi connectivity index (χ1) is 10.3. The molecule has 4 heteroatoms. The van der Waals surface area contributed by atoms with Crippen LogP contribution in [0.15, 0.2) is 42.6 Å². The highest BCUT2D eigenvalue weighted by Crippen LogP contribution is 2.27. The summed E-state index contributed by atoms with van der Waals surface area (Å²) in [7, 11) is 0. The standard InChI is InChI=1S/C18H22N2O.ClH/c1-15-8-3-4-10-17(15)21-18-16(9-7-11-19-18)14-20-12-5-2-6-13-20;/h3-4,7-11H,2,5-6,12-14H2,1H3;1H. The first-order valence-electron chi connectivity index (χ1n) is 7.72.